The Morgan fingerprint density at radius 3 is 2.60 bits per heavy atom. The standard InChI is InChI=1S/C16H18O3S/c1-12(2)19-14-7-5-13(6-8-14)16(17)11-20-10-15-4-3-9-18-15/h3-9,12H,10-11H2,1-2H3. The molecule has 0 aliphatic rings. The molecule has 4 heteroatoms. The number of Topliss-reactive ketones (excluding diaryl/α,β-unsaturated/α-hetero) is 1. The van der Waals surface area contributed by atoms with E-state index in [0.29, 0.717) is 17.1 Å². The first-order valence-electron chi connectivity index (χ1n) is 6.55. The van der Waals surface area contributed by atoms with E-state index in [-0.39, 0.29) is 11.9 Å². The molecule has 0 N–H and O–H groups in total. The van der Waals surface area contributed by atoms with E-state index < -0.39 is 0 Å². The average Bonchev–Trinajstić information content (AvgIpc) is 2.92. The highest BCUT2D eigenvalue weighted by Crippen LogP contribution is 2.17. The molecular weight excluding hydrogens is 272 g/mol. The number of ketones is 1. The van der Waals surface area contributed by atoms with Crippen LogP contribution in [0.4, 0.5) is 0 Å². The Bertz CT molecular complexity index is 529. The molecule has 0 spiro atoms. The van der Waals surface area contributed by atoms with Crippen LogP contribution in [0.15, 0.2) is 47.1 Å². The highest BCUT2D eigenvalue weighted by molar-refractivity contribution is 7.99. The molecule has 1 aromatic carbocycles. The van der Waals surface area contributed by atoms with Crippen LogP contribution in [-0.2, 0) is 5.75 Å². The summed E-state index contributed by atoms with van der Waals surface area (Å²) < 4.78 is 10.8. The molecule has 0 fully saturated rings. The molecule has 0 bridgehead atoms. The minimum absolute atomic E-state index is 0.123. The van der Waals surface area contributed by atoms with Gasteiger partial charge in [0.25, 0.3) is 0 Å². The number of rotatable bonds is 7. The Hall–Kier alpha value is -1.68. The van der Waals surface area contributed by atoms with E-state index in [1.54, 1.807) is 18.0 Å². The van der Waals surface area contributed by atoms with Gasteiger partial charge in [0.2, 0.25) is 0 Å². The van der Waals surface area contributed by atoms with Crippen LogP contribution in [0.5, 0.6) is 5.75 Å². The van der Waals surface area contributed by atoms with E-state index in [1.165, 1.54) is 0 Å². The Labute approximate surface area is 123 Å². The lowest BCUT2D eigenvalue weighted by Crippen LogP contribution is -2.06. The summed E-state index contributed by atoms with van der Waals surface area (Å²) in [5, 5.41) is 0. The van der Waals surface area contributed by atoms with Crippen molar-refractivity contribution in [1.82, 2.24) is 0 Å². The Morgan fingerprint density at radius 1 is 1.25 bits per heavy atom. The first-order valence-corrected chi connectivity index (χ1v) is 7.70. The lowest BCUT2D eigenvalue weighted by atomic mass is 10.1. The van der Waals surface area contributed by atoms with Crippen molar-refractivity contribution >= 4 is 17.5 Å². The van der Waals surface area contributed by atoms with Crippen LogP contribution in [0.25, 0.3) is 0 Å². The van der Waals surface area contributed by atoms with Crippen LogP contribution in [-0.4, -0.2) is 17.6 Å². The summed E-state index contributed by atoms with van der Waals surface area (Å²) in [4.78, 5) is 12.0. The maximum Gasteiger partial charge on any atom is 0.172 e. The monoisotopic (exact) mass is 290 g/mol. The van der Waals surface area contributed by atoms with Crippen molar-refractivity contribution in [2.45, 2.75) is 25.7 Å². The van der Waals surface area contributed by atoms with Gasteiger partial charge in [-0.15, -0.1) is 11.8 Å². The van der Waals surface area contributed by atoms with Gasteiger partial charge in [0.1, 0.15) is 11.5 Å². The Kier molecular flexibility index (Phi) is 5.30. The normalized spacial score (nSPS) is 10.8. The van der Waals surface area contributed by atoms with E-state index in [0.717, 1.165) is 11.5 Å². The van der Waals surface area contributed by atoms with Crippen LogP contribution < -0.4 is 4.74 Å². The van der Waals surface area contributed by atoms with E-state index in [1.807, 2.05) is 50.2 Å². The average molecular weight is 290 g/mol. The molecule has 0 aliphatic heterocycles. The first-order chi connectivity index (χ1) is 9.65. The van der Waals surface area contributed by atoms with E-state index >= 15 is 0 Å². The second kappa shape index (κ2) is 7.20. The zero-order valence-corrected chi connectivity index (χ0v) is 12.5. The van der Waals surface area contributed by atoms with E-state index in [2.05, 4.69) is 0 Å². The third-order valence-electron chi connectivity index (χ3n) is 2.61. The predicted octanol–water partition coefficient (Wildman–Crippen LogP) is 4.18. The van der Waals surface area contributed by atoms with Gasteiger partial charge in [0.15, 0.2) is 5.78 Å². The summed E-state index contributed by atoms with van der Waals surface area (Å²) in [6, 6.07) is 11.1. The van der Waals surface area contributed by atoms with E-state index in [9.17, 15) is 4.79 Å². The van der Waals surface area contributed by atoms with Gasteiger partial charge in [-0.2, -0.15) is 0 Å². The van der Waals surface area contributed by atoms with Gasteiger partial charge in [-0.1, -0.05) is 0 Å². The second-order valence-electron chi connectivity index (χ2n) is 4.69. The third-order valence-corrected chi connectivity index (χ3v) is 3.56. The molecule has 2 rings (SSSR count). The Morgan fingerprint density at radius 2 is 2.00 bits per heavy atom. The zero-order chi connectivity index (χ0) is 14.4. The maximum atomic E-state index is 12.0. The minimum Gasteiger partial charge on any atom is -0.491 e. The number of furan rings is 1. The molecule has 0 atom stereocenters. The van der Waals surface area contributed by atoms with Gasteiger partial charge in [0, 0.05) is 5.56 Å². The molecule has 3 nitrogen and oxygen atoms in total. The number of carbonyl (C=O) groups excluding carboxylic acids is 1. The topological polar surface area (TPSA) is 39.4 Å². The van der Waals surface area contributed by atoms with Gasteiger partial charge in [-0.25, -0.2) is 0 Å². The van der Waals surface area contributed by atoms with Crippen LogP contribution in [0, 0.1) is 0 Å². The van der Waals surface area contributed by atoms with Crippen molar-refractivity contribution < 1.29 is 13.9 Å². The highest BCUT2D eigenvalue weighted by Gasteiger charge is 2.07. The van der Waals surface area contributed by atoms with Gasteiger partial charge in [-0.3, -0.25) is 4.79 Å². The largest absolute Gasteiger partial charge is 0.491 e. The fourth-order valence-electron chi connectivity index (χ4n) is 1.71. The molecule has 0 radical (unpaired) electrons. The number of carbonyl (C=O) groups is 1. The van der Waals surface area contributed by atoms with Crippen molar-refractivity contribution in [2.75, 3.05) is 5.75 Å². The molecule has 0 amide bonds. The maximum absolute atomic E-state index is 12.0. The van der Waals surface area contributed by atoms with Crippen molar-refractivity contribution in [3.05, 3.63) is 54.0 Å². The second-order valence-corrected chi connectivity index (χ2v) is 5.67. The van der Waals surface area contributed by atoms with Crippen molar-refractivity contribution in [2.24, 2.45) is 0 Å². The van der Waals surface area contributed by atoms with Crippen molar-refractivity contribution in [3.8, 4) is 5.75 Å². The molecule has 2 aromatic rings. The van der Waals surface area contributed by atoms with Gasteiger partial charge in [0.05, 0.1) is 23.9 Å². The fraction of sp³-hybridized carbons (Fsp3) is 0.312. The van der Waals surface area contributed by atoms with Gasteiger partial charge < -0.3 is 9.15 Å². The molecule has 1 heterocycles. The molecule has 1 aromatic heterocycles. The minimum atomic E-state index is 0.123. The summed E-state index contributed by atoms with van der Waals surface area (Å²) in [6.45, 7) is 3.95. The lowest BCUT2D eigenvalue weighted by molar-refractivity contribution is 0.102. The van der Waals surface area contributed by atoms with Crippen LogP contribution in [0.2, 0.25) is 0 Å². The number of thioether (sulfide) groups is 1. The first kappa shape index (κ1) is 14.7. The molecule has 106 valence electrons. The molecule has 20 heavy (non-hydrogen) atoms. The van der Waals surface area contributed by atoms with Crippen molar-refractivity contribution in [3.63, 3.8) is 0 Å². The van der Waals surface area contributed by atoms with Crippen molar-refractivity contribution in [1.29, 1.82) is 0 Å². The van der Waals surface area contributed by atoms with Gasteiger partial charge in [-0.05, 0) is 50.2 Å². The summed E-state index contributed by atoms with van der Waals surface area (Å²) in [7, 11) is 0. The quantitative estimate of drug-likeness (QED) is 0.717. The molecule has 0 saturated carbocycles. The van der Waals surface area contributed by atoms with Crippen LogP contribution in [0.1, 0.15) is 30.0 Å². The summed E-state index contributed by atoms with van der Waals surface area (Å²) in [5.74, 6) is 2.97. The highest BCUT2D eigenvalue weighted by atomic mass is 32.2. The summed E-state index contributed by atoms with van der Waals surface area (Å²) in [5.41, 5.74) is 0.716. The molecule has 0 unspecified atom stereocenters. The SMILES string of the molecule is CC(C)Oc1ccc(C(=O)CSCc2ccco2)cc1. The summed E-state index contributed by atoms with van der Waals surface area (Å²) in [6.07, 6.45) is 1.78. The van der Waals surface area contributed by atoms with Gasteiger partial charge >= 0.3 is 0 Å². The number of ether oxygens (including phenoxy) is 1. The zero-order valence-electron chi connectivity index (χ0n) is 11.7. The van der Waals surface area contributed by atoms with Crippen LogP contribution >= 0.6 is 11.8 Å². The smallest absolute Gasteiger partial charge is 0.172 e. The number of hydrogen-bond donors (Lipinski definition) is 0. The van der Waals surface area contributed by atoms with E-state index in [4.69, 9.17) is 9.15 Å². The fourth-order valence-corrected chi connectivity index (χ4v) is 2.53. The lowest BCUT2D eigenvalue weighted by Gasteiger charge is -2.09. The number of hydrogen-bond acceptors (Lipinski definition) is 4. The van der Waals surface area contributed by atoms with Crippen LogP contribution in [0.3, 0.4) is 0 Å². The Balaban J connectivity index is 1.82. The molecule has 0 saturated heterocycles. The third kappa shape index (κ3) is 4.46. The number of benzene rings is 1. The molecular formula is C16H18O3S. The predicted molar refractivity (Wildman–Crippen MR) is 81.4 cm³/mol. The molecule has 0 aliphatic carbocycles. The summed E-state index contributed by atoms with van der Waals surface area (Å²) >= 11 is 1.55.